The van der Waals surface area contributed by atoms with Crippen molar-refractivity contribution >= 4 is 17.5 Å². The molecule has 0 bridgehead atoms. The van der Waals surface area contributed by atoms with Crippen LogP contribution in [0.1, 0.15) is 17.3 Å². The van der Waals surface area contributed by atoms with E-state index in [1.165, 1.54) is 6.20 Å². The molecular weight excluding hydrogens is 316 g/mol. The number of aromatic nitrogens is 1. The Balaban J connectivity index is 1.69. The highest BCUT2D eigenvalue weighted by molar-refractivity contribution is 6.29. The summed E-state index contributed by atoms with van der Waals surface area (Å²) < 4.78 is 11.6. The molecule has 2 heterocycles. The summed E-state index contributed by atoms with van der Waals surface area (Å²) >= 11 is 5.86. The molecule has 6 heteroatoms. The van der Waals surface area contributed by atoms with Gasteiger partial charge in [-0.25, -0.2) is 4.98 Å². The predicted molar refractivity (Wildman–Crippen MR) is 87.2 cm³/mol. The van der Waals surface area contributed by atoms with Crippen molar-refractivity contribution < 1.29 is 14.3 Å². The van der Waals surface area contributed by atoms with Gasteiger partial charge in [-0.05, 0) is 31.2 Å². The maximum atomic E-state index is 12.6. The number of pyridine rings is 1. The Morgan fingerprint density at radius 2 is 2.13 bits per heavy atom. The zero-order valence-electron chi connectivity index (χ0n) is 12.7. The predicted octanol–water partition coefficient (Wildman–Crippen LogP) is 3.04. The number of halogens is 1. The maximum Gasteiger partial charge on any atom is 0.254 e. The molecule has 0 fully saturated rings. The van der Waals surface area contributed by atoms with Crippen LogP contribution in [0.4, 0.5) is 0 Å². The van der Waals surface area contributed by atoms with E-state index in [1.807, 2.05) is 31.2 Å². The second-order valence-electron chi connectivity index (χ2n) is 5.21. The lowest BCUT2D eigenvalue weighted by Gasteiger charge is -2.31. The molecule has 23 heavy (non-hydrogen) atoms. The average molecular weight is 333 g/mol. The minimum absolute atomic E-state index is 0.0979. The van der Waals surface area contributed by atoms with E-state index in [0.29, 0.717) is 36.2 Å². The second kappa shape index (κ2) is 6.87. The first-order valence-electron chi connectivity index (χ1n) is 7.46. The van der Waals surface area contributed by atoms with Gasteiger partial charge in [0.1, 0.15) is 11.8 Å². The summed E-state index contributed by atoms with van der Waals surface area (Å²) in [6.45, 7) is 3.36. The van der Waals surface area contributed by atoms with E-state index in [4.69, 9.17) is 21.1 Å². The molecule has 0 aliphatic carbocycles. The molecule has 0 saturated heterocycles. The van der Waals surface area contributed by atoms with Crippen LogP contribution in [-0.2, 0) is 0 Å². The van der Waals surface area contributed by atoms with Crippen molar-refractivity contribution in [1.29, 1.82) is 0 Å². The minimum atomic E-state index is -0.203. The summed E-state index contributed by atoms with van der Waals surface area (Å²) in [6, 6.07) is 10.8. The Morgan fingerprint density at radius 3 is 2.87 bits per heavy atom. The Hall–Kier alpha value is -2.27. The standard InChI is InChI=1S/C17H17ClN2O3/c1-2-20(17(21)12-7-8-19-16(18)9-12)10-13-11-22-14-5-3-4-6-15(14)23-13/h3-9,13H,2,10-11H2,1H3. The molecule has 120 valence electrons. The number of carbonyl (C=O) groups is 1. The van der Waals surface area contributed by atoms with Crippen LogP contribution in [0.2, 0.25) is 5.15 Å². The Bertz CT molecular complexity index is 708. The van der Waals surface area contributed by atoms with Gasteiger partial charge in [-0.15, -0.1) is 0 Å². The number of benzene rings is 1. The van der Waals surface area contributed by atoms with E-state index in [0.717, 1.165) is 5.75 Å². The van der Waals surface area contributed by atoms with Gasteiger partial charge < -0.3 is 14.4 Å². The molecule has 0 spiro atoms. The Labute approximate surface area is 139 Å². The molecule has 1 unspecified atom stereocenters. The van der Waals surface area contributed by atoms with Crippen molar-refractivity contribution in [1.82, 2.24) is 9.88 Å². The quantitative estimate of drug-likeness (QED) is 0.808. The van der Waals surface area contributed by atoms with Crippen LogP contribution in [0.25, 0.3) is 0 Å². The van der Waals surface area contributed by atoms with Crippen molar-refractivity contribution in [2.24, 2.45) is 0 Å². The number of rotatable bonds is 4. The molecule has 1 aliphatic heterocycles. The summed E-state index contributed by atoms with van der Waals surface area (Å²) in [4.78, 5) is 18.2. The van der Waals surface area contributed by atoms with Crippen molar-refractivity contribution in [3.8, 4) is 11.5 Å². The van der Waals surface area contributed by atoms with E-state index >= 15 is 0 Å². The minimum Gasteiger partial charge on any atom is -0.486 e. The van der Waals surface area contributed by atoms with Gasteiger partial charge in [0.15, 0.2) is 17.6 Å². The smallest absolute Gasteiger partial charge is 0.254 e. The maximum absolute atomic E-state index is 12.6. The third-order valence-electron chi connectivity index (χ3n) is 3.63. The fraction of sp³-hybridized carbons (Fsp3) is 0.294. The molecule has 1 amide bonds. The lowest BCUT2D eigenvalue weighted by atomic mass is 10.2. The van der Waals surface area contributed by atoms with Gasteiger partial charge in [0.2, 0.25) is 0 Å². The fourth-order valence-electron chi connectivity index (χ4n) is 2.47. The summed E-state index contributed by atoms with van der Waals surface area (Å²) in [5, 5.41) is 0.304. The monoisotopic (exact) mass is 332 g/mol. The van der Waals surface area contributed by atoms with Gasteiger partial charge >= 0.3 is 0 Å². The van der Waals surface area contributed by atoms with Gasteiger partial charge in [0.25, 0.3) is 5.91 Å². The number of para-hydroxylation sites is 2. The number of ether oxygens (including phenoxy) is 2. The van der Waals surface area contributed by atoms with Crippen LogP contribution in [0.5, 0.6) is 11.5 Å². The first-order chi connectivity index (χ1) is 11.2. The van der Waals surface area contributed by atoms with Crippen LogP contribution < -0.4 is 9.47 Å². The van der Waals surface area contributed by atoms with Crippen LogP contribution in [0.15, 0.2) is 42.6 Å². The summed E-state index contributed by atoms with van der Waals surface area (Å²) in [5.41, 5.74) is 0.518. The van der Waals surface area contributed by atoms with E-state index in [1.54, 1.807) is 17.0 Å². The molecule has 0 saturated carbocycles. The van der Waals surface area contributed by atoms with Crippen LogP contribution in [0, 0.1) is 0 Å². The highest BCUT2D eigenvalue weighted by Crippen LogP contribution is 2.31. The van der Waals surface area contributed by atoms with E-state index in [-0.39, 0.29) is 12.0 Å². The van der Waals surface area contributed by atoms with Gasteiger partial charge in [0.05, 0.1) is 6.54 Å². The third kappa shape index (κ3) is 3.56. The molecule has 3 rings (SSSR count). The van der Waals surface area contributed by atoms with Crippen LogP contribution >= 0.6 is 11.6 Å². The summed E-state index contributed by atoms with van der Waals surface area (Å²) in [5.74, 6) is 1.34. The summed E-state index contributed by atoms with van der Waals surface area (Å²) in [6.07, 6.45) is 1.32. The highest BCUT2D eigenvalue weighted by atomic mass is 35.5. The lowest BCUT2D eigenvalue weighted by molar-refractivity contribution is 0.0475. The van der Waals surface area contributed by atoms with Crippen LogP contribution in [0.3, 0.4) is 0 Å². The Kier molecular flexibility index (Phi) is 4.67. The largest absolute Gasteiger partial charge is 0.486 e. The first kappa shape index (κ1) is 15.6. The normalized spacial score (nSPS) is 16.0. The molecule has 1 aromatic heterocycles. The van der Waals surface area contributed by atoms with Crippen molar-refractivity contribution in [3.05, 3.63) is 53.3 Å². The van der Waals surface area contributed by atoms with E-state index in [2.05, 4.69) is 4.98 Å². The second-order valence-corrected chi connectivity index (χ2v) is 5.60. The number of hydrogen-bond acceptors (Lipinski definition) is 4. The van der Waals surface area contributed by atoms with Gasteiger partial charge in [-0.2, -0.15) is 0 Å². The number of carbonyl (C=O) groups excluding carboxylic acids is 1. The zero-order valence-corrected chi connectivity index (χ0v) is 13.5. The number of likely N-dealkylation sites (N-methyl/N-ethyl adjacent to an activating group) is 1. The van der Waals surface area contributed by atoms with Gasteiger partial charge in [0, 0.05) is 18.3 Å². The van der Waals surface area contributed by atoms with Crippen LogP contribution in [-0.4, -0.2) is 41.6 Å². The molecule has 5 nitrogen and oxygen atoms in total. The van der Waals surface area contributed by atoms with Crippen molar-refractivity contribution in [2.45, 2.75) is 13.0 Å². The van der Waals surface area contributed by atoms with E-state index < -0.39 is 0 Å². The topological polar surface area (TPSA) is 51.7 Å². The third-order valence-corrected chi connectivity index (χ3v) is 3.84. The highest BCUT2D eigenvalue weighted by Gasteiger charge is 2.25. The van der Waals surface area contributed by atoms with E-state index in [9.17, 15) is 4.79 Å². The average Bonchev–Trinajstić information content (AvgIpc) is 2.59. The molecule has 0 radical (unpaired) electrons. The molecular formula is C17H17ClN2O3. The van der Waals surface area contributed by atoms with Gasteiger partial charge in [-0.3, -0.25) is 4.79 Å². The molecule has 1 atom stereocenters. The molecule has 2 aromatic rings. The number of amides is 1. The van der Waals surface area contributed by atoms with Crippen molar-refractivity contribution in [3.63, 3.8) is 0 Å². The summed E-state index contributed by atoms with van der Waals surface area (Å²) in [7, 11) is 0. The lowest BCUT2D eigenvalue weighted by Crippen LogP contribution is -2.43. The van der Waals surface area contributed by atoms with Crippen molar-refractivity contribution in [2.75, 3.05) is 19.7 Å². The Morgan fingerprint density at radius 1 is 1.35 bits per heavy atom. The zero-order chi connectivity index (χ0) is 16.2. The molecule has 0 N–H and O–H groups in total. The number of nitrogens with zero attached hydrogens (tertiary/aromatic N) is 2. The number of hydrogen-bond donors (Lipinski definition) is 0. The molecule has 1 aliphatic rings. The molecule has 1 aromatic carbocycles. The SMILES string of the molecule is CCN(CC1COc2ccccc2O1)C(=O)c1ccnc(Cl)c1. The first-order valence-corrected chi connectivity index (χ1v) is 7.84. The fourth-order valence-corrected chi connectivity index (χ4v) is 2.65. The number of fused-ring (bicyclic) bond motifs is 1. The van der Waals surface area contributed by atoms with Gasteiger partial charge in [-0.1, -0.05) is 23.7 Å².